The van der Waals surface area contributed by atoms with Gasteiger partial charge in [-0.25, -0.2) is 0 Å². The van der Waals surface area contributed by atoms with E-state index in [0.29, 0.717) is 11.9 Å². The molecule has 2 rings (SSSR count). The van der Waals surface area contributed by atoms with E-state index in [9.17, 15) is 4.79 Å². The summed E-state index contributed by atoms with van der Waals surface area (Å²) in [5, 5.41) is 3.42. The highest BCUT2D eigenvalue weighted by Gasteiger charge is 2.32. The molecule has 0 saturated carbocycles. The highest BCUT2D eigenvalue weighted by atomic mass is 16.2. The van der Waals surface area contributed by atoms with Crippen LogP contribution in [0.1, 0.15) is 39.0 Å². The second kappa shape index (κ2) is 6.71. The Bertz CT molecular complexity index is 306. The normalized spacial score (nSPS) is 32.6. The Balaban J connectivity index is 1.91. The molecule has 2 saturated heterocycles. The van der Waals surface area contributed by atoms with E-state index in [1.807, 2.05) is 0 Å². The SMILES string of the molecule is CCC1CCNC(C(=O)N2CCCC(N(C)C)C2)C1. The summed E-state index contributed by atoms with van der Waals surface area (Å²) >= 11 is 0. The number of amides is 1. The van der Waals surface area contributed by atoms with Crippen molar-refractivity contribution in [1.82, 2.24) is 15.1 Å². The lowest BCUT2D eigenvalue weighted by Crippen LogP contribution is -2.55. The first-order valence-electron chi connectivity index (χ1n) is 7.80. The standard InChI is InChI=1S/C15H29N3O/c1-4-12-7-8-16-14(10-12)15(19)18-9-5-6-13(11-18)17(2)3/h12-14,16H,4-11H2,1-3H3. The van der Waals surface area contributed by atoms with Crippen LogP contribution >= 0.6 is 0 Å². The van der Waals surface area contributed by atoms with Gasteiger partial charge in [-0.2, -0.15) is 0 Å². The van der Waals surface area contributed by atoms with E-state index in [1.54, 1.807) is 0 Å². The molecule has 3 atom stereocenters. The summed E-state index contributed by atoms with van der Waals surface area (Å²) in [6.45, 7) is 5.08. The van der Waals surface area contributed by atoms with Crippen LogP contribution < -0.4 is 5.32 Å². The molecule has 0 aromatic rings. The average molecular weight is 267 g/mol. The van der Waals surface area contributed by atoms with Crippen LogP contribution in [0.5, 0.6) is 0 Å². The molecule has 4 nitrogen and oxygen atoms in total. The van der Waals surface area contributed by atoms with E-state index < -0.39 is 0 Å². The molecule has 0 spiro atoms. The molecule has 0 aromatic carbocycles. The van der Waals surface area contributed by atoms with Gasteiger partial charge < -0.3 is 15.1 Å². The van der Waals surface area contributed by atoms with Gasteiger partial charge in [-0.1, -0.05) is 13.3 Å². The number of likely N-dealkylation sites (N-methyl/N-ethyl adjacent to an activating group) is 1. The lowest BCUT2D eigenvalue weighted by atomic mass is 9.89. The Morgan fingerprint density at radius 3 is 2.84 bits per heavy atom. The number of rotatable bonds is 3. The van der Waals surface area contributed by atoms with E-state index in [4.69, 9.17) is 0 Å². The summed E-state index contributed by atoms with van der Waals surface area (Å²) in [6, 6.07) is 0.600. The maximum absolute atomic E-state index is 12.6. The lowest BCUT2D eigenvalue weighted by molar-refractivity contribution is -0.136. The number of hydrogen-bond acceptors (Lipinski definition) is 3. The van der Waals surface area contributed by atoms with Crippen molar-refractivity contribution in [3.8, 4) is 0 Å². The van der Waals surface area contributed by atoms with Gasteiger partial charge in [0.1, 0.15) is 0 Å². The maximum atomic E-state index is 12.6. The smallest absolute Gasteiger partial charge is 0.239 e. The zero-order valence-corrected chi connectivity index (χ0v) is 12.7. The van der Waals surface area contributed by atoms with Crippen molar-refractivity contribution in [2.75, 3.05) is 33.7 Å². The number of carbonyl (C=O) groups excluding carboxylic acids is 1. The van der Waals surface area contributed by atoms with E-state index in [2.05, 4.69) is 36.1 Å². The van der Waals surface area contributed by atoms with Crippen LogP contribution in [0.15, 0.2) is 0 Å². The van der Waals surface area contributed by atoms with Crippen molar-refractivity contribution in [3.05, 3.63) is 0 Å². The van der Waals surface area contributed by atoms with Crippen molar-refractivity contribution in [2.45, 2.75) is 51.1 Å². The number of nitrogens with zero attached hydrogens (tertiary/aromatic N) is 2. The first-order chi connectivity index (χ1) is 9.11. The van der Waals surface area contributed by atoms with Crippen molar-refractivity contribution in [3.63, 3.8) is 0 Å². The van der Waals surface area contributed by atoms with Gasteiger partial charge in [0.05, 0.1) is 6.04 Å². The minimum absolute atomic E-state index is 0.0691. The molecule has 0 aromatic heterocycles. The van der Waals surface area contributed by atoms with E-state index in [0.717, 1.165) is 38.4 Å². The minimum Gasteiger partial charge on any atom is -0.340 e. The van der Waals surface area contributed by atoms with Crippen LogP contribution in [0, 0.1) is 5.92 Å². The molecule has 1 N–H and O–H groups in total. The van der Waals surface area contributed by atoms with Crippen molar-refractivity contribution >= 4 is 5.91 Å². The van der Waals surface area contributed by atoms with Crippen LogP contribution in [0.4, 0.5) is 0 Å². The summed E-state index contributed by atoms with van der Waals surface area (Å²) in [6.07, 6.45) is 5.80. The fraction of sp³-hybridized carbons (Fsp3) is 0.933. The number of likely N-dealkylation sites (tertiary alicyclic amines) is 1. The molecular weight excluding hydrogens is 238 g/mol. The summed E-state index contributed by atoms with van der Waals surface area (Å²) < 4.78 is 0. The number of carbonyl (C=O) groups is 1. The number of piperidine rings is 2. The molecule has 3 unspecified atom stereocenters. The summed E-state index contributed by atoms with van der Waals surface area (Å²) in [7, 11) is 4.23. The quantitative estimate of drug-likeness (QED) is 0.837. The Kier molecular flexibility index (Phi) is 5.22. The topological polar surface area (TPSA) is 35.6 Å². The number of hydrogen-bond donors (Lipinski definition) is 1. The lowest BCUT2D eigenvalue weighted by Gasteiger charge is -2.39. The van der Waals surface area contributed by atoms with Gasteiger partial charge in [0.25, 0.3) is 0 Å². The maximum Gasteiger partial charge on any atom is 0.239 e. The van der Waals surface area contributed by atoms with Gasteiger partial charge in [0.2, 0.25) is 5.91 Å². The van der Waals surface area contributed by atoms with Crippen LogP contribution in [-0.4, -0.2) is 61.5 Å². The first kappa shape index (κ1) is 14.8. The van der Waals surface area contributed by atoms with Crippen molar-refractivity contribution in [1.29, 1.82) is 0 Å². The second-order valence-corrected chi connectivity index (χ2v) is 6.35. The van der Waals surface area contributed by atoms with Crippen LogP contribution in [-0.2, 0) is 4.79 Å². The van der Waals surface area contributed by atoms with Crippen molar-refractivity contribution < 1.29 is 4.79 Å². The van der Waals surface area contributed by atoms with Gasteiger partial charge in [0.15, 0.2) is 0 Å². The molecule has 4 heteroatoms. The molecule has 110 valence electrons. The molecule has 2 aliphatic rings. The van der Waals surface area contributed by atoms with E-state index >= 15 is 0 Å². The first-order valence-corrected chi connectivity index (χ1v) is 7.80. The zero-order chi connectivity index (χ0) is 13.8. The fourth-order valence-electron chi connectivity index (χ4n) is 3.35. The van der Waals surface area contributed by atoms with Gasteiger partial charge in [-0.05, 0) is 52.2 Å². The van der Waals surface area contributed by atoms with Gasteiger partial charge in [0, 0.05) is 19.1 Å². The highest BCUT2D eigenvalue weighted by Crippen LogP contribution is 2.22. The second-order valence-electron chi connectivity index (χ2n) is 6.35. The third-order valence-electron chi connectivity index (χ3n) is 4.83. The van der Waals surface area contributed by atoms with E-state index in [1.165, 1.54) is 19.3 Å². The highest BCUT2D eigenvalue weighted by molar-refractivity contribution is 5.82. The largest absolute Gasteiger partial charge is 0.340 e. The van der Waals surface area contributed by atoms with E-state index in [-0.39, 0.29) is 6.04 Å². The predicted molar refractivity (Wildman–Crippen MR) is 78.1 cm³/mol. The number of nitrogens with one attached hydrogen (secondary N) is 1. The third kappa shape index (κ3) is 3.69. The Labute approximate surface area is 117 Å². The fourth-order valence-corrected chi connectivity index (χ4v) is 3.35. The van der Waals surface area contributed by atoms with Crippen molar-refractivity contribution in [2.24, 2.45) is 5.92 Å². The molecule has 1 amide bonds. The Morgan fingerprint density at radius 1 is 1.37 bits per heavy atom. The van der Waals surface area contributed by atoms with Crippen LogP contribution in [0.25, 0.3) is 0 Å². The molecule has 2 aliphatic heterocycles. The Morgan fingerprint density at radius 2 is 2.16 bits per heavy atom. The van der Waals surface area contributed by atoms with Gasteiger partial charge in [-0.3, -0.25) is 4.79 Å². The predicted octanol–water partition coefficient (Wildman–Crippen LogP) is 1.32. The minimum atomic E-state index is 0.0691. The molecular formula is C15H29N3O. The van der Waals surface area contributed by atoms with Crippen LogP contribution in [0.3, 0.4) is 0 Å². The molecule has 0 radical (unpaired) electrons. The third-order valence-corrected chi connectivity index (χ3v) is 4.83. The zero-order valence-electron chi connectivity index (χ0n) is 12.7. The molecule has 0 bridgehead atoms. The van der Waals surface area contributed by atoms with Gasteiger partial charge >= 0.3 is 0 Å². The van der Waals surface area contributed by atoms with Crippen LogP contribution in [0.2, 0.25) is 0 Å². The molecule has 19 heavy (non-hydrogen) atoms. The molecule has 2 fully saturated rings. The Hall–Kier alpha value is -0.610. The summed E-state index contributed by atoms with van der Waals surface area (Å²) in [4.78, 5) is 17.0. The van der Waals surface area contributed by atoms with Gasteiger partial charge in [-0.15, -0.1) is 0 Å². The molecule has 2 heterocycles. The molecule has 0 aliphatic carbocycles. The average Bonchev–Trinajstić information content (AvgIpc) is 2.46. The monoisotopic (exact) mass is 267 g/mol. The summed E-state index contributed by atoms with van der Waals surface area (Å²) in [5.74, 6) is 1.06. The summed E-state index contributed by atoms with van der Waals surface area (Å²) in [5.41, 5.74) is 0.